The largest absolute Gasteiger partial charge is 0.411 e. The quantitative estimate of drug-likeness (QED) is 0.431. The minimum Gasteiger partial charge on any atom is -0.411 e. The van der Waals surface area contributed by atoms with Crippen molar-refractivity contribution in [1.82, 2.24) is 0 Å². The molecule has 86 valence electrons. The maximum Gasteiger partial charge on any atom is 0.139 e. The van der Waals surface area contributed by atoms with Crippen molar-refractivity contribution in [3.05, 3.63) is 11.6 Å². The molecule has 0 fully saturated rings. The molecule has 0 saturated carbocycles. The zero-order chi connectivity index (χ0) is 12.0. The molecule has 0 aliphatic carbocycles. The normalized spacial score (nSPS) is 13.8. The molecule has 0 aromatic rings. The Kier molecular flexibility index (Phi) is 5.90. The molecule has 0 rings (SSSR count). The zero-order valence-corrected chi connectivity index (χ0v) is 10.2. The summed E-state index contributed by atoms with van der Waals surface area (Å²) in [4.78, 5) is 11.4. The topological polar surface area (TPSA) is 49.7 Å². The maximum atomic E-state index is 11.4. The van der Waals surface area contributed by atoms with Gasteiger partial charge in [-0.2, -0.15) is 0 Å². The molecule has 1 N–H and O–H groups in total. The van der Waals surface area contributed by atoms with Crippen molar-refractivity contribution < 1.29 is 10.0 Å². The third kappa shape index (κ3) is 5.35. The van der Waals surface area contributed by atoms with Crippen LogP contribution in [0.1, 0.15) is 41.0 Å². The average Bonchev–Trinajstić information content (AvgIpc) is 2.13. The van der Waals surface area contributed by atoms with Gasteiger partial charge in [-0.25, -0.2) is 0 Å². The molecule has 15 heavy (non-hydrogen) atoms. The van der Waals surface area contributed by atoms with Crippen LogP contribution < -0.4 is 0 Å². The van der Waals surface area contributed by atoms with Gasteiger partial charge in [0.25, 0.3) is 0 Å². The van der Waals surface area contributed by atoms with E-state index in [1.165, 1.54) is 0 Å². The zero-order valence-electron chi connectivity index (χ0n) is 10.2. The van der Waals surface area contributed by atoms with Crippen LogP contribution in [-0.2, 0) is 4.79 Å². The Hall–Kier alpha value is -1.12. The number of hydrogen-bond donors (Lipinski definition) is 1. The molecular formula is C12H21NO2. The van der Waals surface area contributed by atoms with Crippen LogP contribution in [0.25, 0.3) is 0 Å². The van der Waals surface area contributed by atoms with E-state index in [1.54, 1.807) is 6.08 Å². The highest BCUT2D eigenvalue weighted by Gasteiger charge is 2.09. The first-order chi connectivity index (χ1) is 6.88. The van der Waals surface area contributed by atoms with Crippen molar-refractivity contribution >= 4 is 11.5 Å². The van der Waals surface area contributed by atoms with Crippen LogP contribution in [0.5, 0.6) is 0 Å². The van der Waals surface area contributed by atoms with Crippen LogP contribution in [0.15, 0.2) is 16.8 Å². The second-order valence-corrected chi connectivity index (χ2v) is 4.47. The Morgan fingerprint density at radius 3 is 2.13 bits per heavy atom. The molecule has 0 spiro atoms. The summed E-state index contributed by atoms with van der Waals surface area (Å²) >= 11 is 0. The molecule has 0 bridgehead atoms. The van der Waals surface area contributed by atoms with Crippen LogP contribution in [0.2, 0.25) is 0 Å². The molecule has 0 aromatic heterocycles. The first-order valence-electron chi connectivity index (χ1n) is 5.30. The smallest absolute Gasteiger partial charge is 0.139 e. The highest BCUT2D eigenvalue weighted by Crippen LogP contribution is 2.09. The minimum atomic E-state index is 0.0573. The summed E-state index contributed by atoms with van der Waals surface area (Å²) < 4.78 is 0. The molecule has 0 saturated heterocycles. The summed E-state index contributed by atoms with van der Waals surface area (Å²) in [7, 11) is 0. The molecule has 0 amide bonds. The third-order valence-corrected chi connectivity index (χ3v) is 2.20. The van der Waals surface area contributed by atoms with Crippen molar-refractivity contribution in [3.63, 3.8) is 0 Å². The number of carbonyl (C=O) groups excluding carboxylic acids is 1. The van der Waals surface area contributed by atoms with Gasteiger partial charge in [0.1, 0.15) is 5.78 Å². The predicted molar refractivity (Wildman–Crippen MR) is 62.3 cm³/mol. The monoisotopic (exact) mass is 211 g/mol. The lowest BCUT2D eigenvalue weighted by Crippen LogP contribution is -2.09. The fourth-order valence-corrected chi connectivity index (χ4v) is 1.09. The fourth-order valence-electron chi connectivity index (χ4n) is 1.09. The van der Waals surface area contributed by atoms with E-state index >= 15 is 0 Å². The highest BCUT2D eigenvalue weighted by atomic mass is 16.4. The molecule has 0 unspecified atom stereocenters. The standard InChI is InChI=1S/C12H21NO2/c1-8(2)11(13-15)6-10(5)7-12(14)9(3)4/h6,8-9,15H,7H2,1-5H3/b10-6+,13-11-. The van der Waals surface area contributed by atoms with Gasteiger partial charge in [-0.05, 0) is 18.9 Å². The summed E-state index contributed by atoms with van der Waals surface area (Å²) in [6, 6.07) is 0. The fraction of sp³-hybridized carbons (Fsp3) is 0.667. The van der Waals surface area contributed by atoms with Gasteiger partial charge in [0, 0.05) is 12.3 Å². The third-order valence-electron chi connectivity index (χ3n) is 2.20. The van der Waals surface area contributed by atoms with Crippen molar-refractivity contribution in [2.24, 2.45) is 17.0 Å². The number of oxime groups is 1. The molecular weight excluding hydrogens is 190 g/mol. The summed E-state index contributed by atoms with van der Waals surface area (Å²) in [6.45, 7) is 9.55. The minimum absolute atomic E-state index is 0.0573. The van der Waals surface area contributed by atoms with Gasteiger partial charge >= 0.3 is 0 Å². The molecule has 3 nitrogen and oxygen atoms in total. The number of allylic oxidation sites excluding steroid dienone is 2. The van der Waals surface area contributed by atoms with E-state index in [2.05, 4.69) is 5.16 Å². The van der Waals surface area contributed by atoms with Crippen LogP contribution in [0.4, 0.5) is 0 Å². The Bertz CT molecular complexity index is 275. The summed E-state index contributed by atoms with van der Waals surface area (Å²) in [5, 5.41) is 12.0. The van der Waals surface area contributed by atoms with Crippen LogP contribution in [0, 0.1) is 11.8 Å². The van der Waals surface area contributed by atoms with Crippen LogP contribution >= 0.6 is 0 Å². The number of rotatable bonds is 5. The lowest BCUT2D eigenvalue weighted by atomic mass is 9.99. The molecule has 0 radical (unpaired) electrons. The summed E-state index contributed by atoms with van der Waals surface area (Å²) in [5.74, 6) is 0.436. The first kappa shape index (κ1) is 13.9. The van der Waals surface area contributed by atoms with Crippen molar-refractivity contribution in [1.29, 1.82) is 0 Å². The van der Waals surface area contributed by atoms with Crippen molar-refractivity contribution in [2.75, 3.05) is 0 Å². The van der Waals surface area contributed by atoms with Gasteiger partial charge in [0.15, 0.2) is 0 Å². The summed E-state index contributed by atoms with van der Waals surface area (Å²) in [6.07, 6.45) is 2.22. The van der Waals surface area contributed by atoms with Crippen molar-refractivity contribution in [2.45, 2.75) is 41.0 Å². The molecule has 0 aromatic carbocycles. The van der Waals surface area contributed by atoms with E-state index < -0.39 is 0 Å². The van der Waals surface area contributed by atoms with E-state index in [0.717, 1.165) is 5.57 Å². The van der Waals surface area contributed by atoms with Gasteiger partial charge in [0.05, 0.1) is 5.71 Å². The lowest BCUT2D eigenvalue weighted by Gasteiger charge is -2.06. The number of Topliss-reactive ketones (excluding diaryl/α,β-unsaturated/α-hetero) is 1. The number of hydrogen-bond acceptors (Lipinski definition) is 3. The van der Waals surface area contributed by atoms with Gasteiger partial charge in [-0.3, -0.25) is 4.79 Å². The number of ketones is 1. The van der Waals surface area contributed by atoms with E-state index in [0.29, 0.717) is 12.1 Å². The van der Waals surface area contributed by atoms with E-state index in [9.17, 15) is 4.79 Å². The Morgan fingerprint density at radius 1 is 1.27 bits per heavy atom. The van der Waals surface area contributed by atoms with E-state index in [-0.39, 0.29) is 17.6 Å². The van der Waals surface area contributed by atoms with Crippen LogP contribution in [-0.4, -0.2) is 16.7 Å². The molecule has 0 aliphatic rings. The molecule has 0 heterocycles. The average molecular weight is 211 g/mol. The second kappa shape index (κ2) is 6.38. The highest BCUT2D eigenvalue weighted by molar-refractivity contribution is 5.97. The predicted octanol–water partition coefficient (Wildman–Crippen LogP) is 3.03. The SMILES string of the molecule is C/C(=C\C(=N\O)C(C)C)CC(=O)C(C)C. The Balaban J connectivity index is 4.50. The second-order valence-electron chi connectivity index (χ2n) is 4.47. The van der Waals surface area contributed by atoms with Gasteiger partial charge in [-0.1, -0.05) is 38.4 Å². The summed E-state index contributed by atoms with van der Waals surface area (Å²) in [5.41, 5.74) is 1.55. The Labute approximate surface area is 91.9 Å². The van der Waals surface area contributed by atoms with Gasteiger partial charge in [-0.15, -0.1) is 0 Å². The van der Waals surface area contributed by atoms with E-state index in [4.69, 9.17) is 5.21 Å². The maximum absolute atomic E-state index is 11.4. The molecule has 0 atom stereocenters. The lowest BCUT2D eigenvalue weighted by molar-refractivity contribution is -0.121. The van der Waals surface area contributed by atoms with Crippen molar-refractivity contribution in [3.8, 4) is 0 Å². The number of nitrogens with zero attached hydrogens (tertiary/aromatic N) is 1. The Morgan fingerprint density at radius 2 is 1.80 bits per heavy atom. The van der Waals surface area contributed by atoms with Gasteiger partial charge < -0.3 is 5.21 Å². The van der Waals surface area contributed by atoms with Gasteiger partial charge in [0.2, 0.25) is 0 Å². The van der Waals surface area contributed by atoms with Crippen LogP contribution in [0.3, 0.4) is 0 Å². The molecule has 0 aliphatic heterocycles. The van der Waals surface area contributed by atoms with E-state index in [1.807, 2.05) is 34.6 Å². The molecule has 3 heteroatoms. The first-order valence-corrected chi connectivity index (χ1v) is 5.30. The number of carbonyl (C=O) groups is 1.